The van der Waals surface area contributed by atoms with Gasteiger partial charge in [-0.15, -0.1) is 21.5 Å². The first-order chi connectivity index (χ1) is 14.0. The van der Waals surface area contributed by atoms with Gasteiger partial charge >= 0.3 is 5.97 Å². The molecule has 3 rings (SSSR count). The van der Waals surface area contributed by atoms with E-state index in [0.717, 1.165) is 5.69 Å². The molecule has 11 heteroatoms. The summed E-state index contributed by atoms with van der Waals surface area (Å²) in [6, 6.07) is 8.84. The second-order valence-corrected chi connectivity index (χ2v) is 7.57. The summed E-state index contributed by atoms with van der Waals surface area (Å²) < 4.78 is 6.42. The number of hydrogen-bond donors (Lipinski definition) is 2. The number of thioether (sulfide) groups is 1. The lowest BCUT2D eigenvalue weighted by atomic mass is 10.2. The lowest BCUT2D eigenvalue weighted by Gasteiger charge is -2.09. The van der Waals surface area contributed by atoms with Crippen molar-refractivity contribution in [1.29, 1.82) is 0 Å². The van der Waals surface area contributed by atoms with Crippen molar-refractivity contribution < 1.29 is 19.1 Å². The Morgan fingerprint density at radius 1 is 1.24 bits per heavy atom. The van der Waals surface area contributed by atoms with Crippen LogP contribution in [-0.4, -0.2) is 45.4 Å². The molecule has 0 saturated carbocycles. The first-order valence-corrected chi connectivity index (χ1v) is 10.2. The third-order valence-corrected chi connectivity index (χ3v) is 5.44. The van der Waals surface area contributed by atoms with Crippen molar-refractivity contribution in [2.45, 2.75) is 12.1 Å². The fourth-order valence-corrected chi connectivity index (χ4v) is 3.91. The summed E-state index contributed by atoms with van der Waals surface area (Å²) in [6.45, 7) is 1.43. The molecule has 0 unspecified atom stereocenters. The summed E-state index contributed by atoms with van der Waals surface area (Å²) in [6.07, 6.45) is 1.53. The van der Waals surface area contributed by atoms with E-state index in [2.05, 4.69) is 20.8 Å². The van der Waals surface area contributed by atoms with E-state index in [9.17, 15) is 14.4 Å². The summed E-state index contributed by atoms with van der Waals surface area (Å²) in [7, 11) is 1.29. The van der Waals surface area contributed by atoms with Gasteiger partial charge in [0.05, 0.1) is 24.2 Å². The SMILES string of the molecule is COC(=O)c1sccc1NC(=O)CSc1nncn1-c1cccc(NC(C)=O)c1. The van der Waals surface area contributed by atoms with Crippen molar-refractivity contribution in [3.8, 4) is 5.69 Å². The Morgan fingerprint density at radius 3 is 2.83 bits per heavy atom. The molecular formula is C18H17N5O4S2. The van der Waals surface area contributed by atoms with Crippen LogP contribution in [0.4, 0.5) is 11.4 Å². The molecule has 1 aromatic carbocycles. The van der Waals surface area contributed by atoms with Crippen molar-refractivity contribution in [2.75, 3.05) is 23.5 Å². The summed E-state index contributed by atoms with van der Waals surface area (Å²) in [5.74, 6) is -0.889. The largest absolute Gasteiger partial charge is 0.465 e. The number of nitrogens with one attached hydrogen (secondary N) is 2. The highest BCUT2D eigenvalue weighted by molar-refractivity contribution is 7.99. The molecule has 2 aromatic heterocycles. The minimum Gasteiger partial charge on any atom is -0.465 e. The van der Waals surface area contributed by atoms with E-state index in [4.69, 9.17) is 4.74 Å². The monoisotopic (exact) mass is 431 g/mol. The molecule has 0 spiro atoms. The number of benzene rings is 1. The number of nitrogens with zero attached hydrogens (tertiary/aromatic N) is 3. The fourth-order valence-electron chi connectivity index (χ4n) is 2.41. The molecular weight excluding hydrogens is 414 g/mol. The normalized spacial score (nSPS) is 10.4. The van der Waals surface area contributed by atoms with E-state index in [1.807, 2.05) is 6.07 Å². The second kappa shape index (κ2) is 9.34. The molecule has 150 valence electrons. The molecule has 0 aliphatic carbocycles. The van der Waals surface area contributed by atoms with E-state index in [0.29, 0.717) is 21.4 Å². The Balaban J connectivity index is 1.67. The zero-order chi connectivity index (χ0) is 20.8. The topological polar surface area (TPSA) is 115 Å². The van der Waals surface area contributed by atoms with E-state index < -0.39 is 5.97 Å². The van der Waals surface area contributed by atoms with Gasteiger partial charge in [0.2, 0.25) is 11.8 Å². The maximum Gasteiger partial charge on any atom is 0.350 e. The Labute approximate surface area is 174 Å². The van der Waals surface area contributed by atoms with Crippen LogP contribution < -0.4 is 10.6 Å². The number of anilines is 2. The molecule has 0 radical (unpaired) electrons. The molecule has 2 heterocycles. The van der Waals surface area contributed by atoms with E-state index in [-0.39, 0.29) is 17.6 Å². The molecule has 0 aliphatic rings. The van der Waals surface area contributed by atoms with E-state index in [1.165, 1.54) is 43.5 Å². The molecule has 0 fully saturated rings. The zero-order valence-corrected chi connectivity index (χ0v) is 17.2. The number of methoxy groups -OCH3 is 1. The second-order valence-electron chi connectivity index (χ2n) is 5.71. The van der Waals surface area contributed by atoms with Gasteiger partial charge in [-0.25, -0.2) is 4.79 Å². The molecule has 0 bridgehead atoms. The van der Waals surface area contributed by atoms with Crippen LogP contribution in [0, 0.1) is 0 Å². The first-order valence-electron chi connectivity index (χ1n) is 8.34. The van der Waals surface area contributed by atoms with Crippen LogP contribution in [0.1, 0.15) is 16.6 Å². The summed E-state index contributed by atoms with van der Waals surface area (Å²) >= 11 is 2.39. The number of ether oxygens (including phenoxy) is 1. The van der Waals surface area contributed by atoms with Crippen LogP contribution in [0.15, 0.2) is 47.2 Å². The number of esters is 1. The molecule has 0 saturated heterocycles. The van der Waals surface area contributed by atoms with Crippen LogP contribution in [-0.2, 0) is 14.3 Å². The van der Waals surface area contributed by atoms with Gasteiger partial charge in [-0.3, -0.25) is 14.2 Å². The van der Waals surface area contributed by atoms with Gasteiger partial charge < -0.3 is 15.4 Å². The minimum atomic E-state index is -0.498. The smallest absolute Gasteiger partial charge is 0.350 e. The molecule has 0 aliphatic heterocycles. The van der Waals surface area contributed by atoms with Gasteiger partial charge in [-0.1, -0.05) is 17.8 Å². The number of amides is 2. The average molecular weight is 431 g/mol. The molecule has 29 heavy (non-hydrogen) atoms. The van der Waals surface area contributed by atoms with E-state index in [1.54, 1.807) is 34.2 Å². The number of hydrogen-bond acceptors (Lipinski definition) is 8. The minimum absolute atomic E-state index is 0.0700. The highest BCUT2D eigenvalue weighted by Gasteiger charge is 2.16. The third-order valence-electron chi connectivity index (χ3n) is 3.60. The standard InChI is InChI=1S/C18H17N5O4S2/c1-11(24)20-12-4-3-5-13(8-12)23-10-19-22-18(23)29-9-15(25)21-14-6-7-28-16(14)17(26)27-2/h3-8,10H,9H2,1-2H3,(H,20,24)(H,21,25). The Kier molecular flexibility index (Phi) is 6.62. The van der Waals surface area contributed by atoms with Crippen molar-refractivity contribution in [3.63, 3.8) is 0 Å². The summed E-state index contributed by atoms with van der Waals surface area (Å²) in [5, 5.41) is 15.6. The Hall–Kier alpha value is -3.18. The van der Waals surface area contributed by atoms with Gasteiger partial charge in [0.1, 0.15) is 11.2 Å². The maximum atomic E-state index is 12.3. The zero-order valence-electron chi connectivity index (χ0n) is 15.5. The first kappa shape index (κ1) is 20.6. The number of rotatable bonds is 7. The predicted octanol–water partition coefficient (Wildman–Crippen LogP) is 2.80. The van der Waals surface area contributed by atoms with Crippen LogP contribution in [0.3, 0.4) is 0 Å². The number of aromatic nitrogens is 3. The lowest BCUT2D eigenvalue weighted by Crippen LogP contribution is -2.16. The van der Waals surface area contributed by atoms with Gasteiger partial charge in [0, 0.05) is 12.6 Å². The fraction of sp³-hybridized carbons (Fsp3) is 0.167. The van der Waals surface area contributed by atoms with Crippen molar-refractivity contribution in [2.24, 2.45) is 0 Å². The number of carbonyl (C=O) groups is 3. The lowest BCUT2D eigenvalue weighted by molar-refractivity contribution is -0.114. The summed E-state index contributed by atoms with van der Waals surface area (Å²) in [4.78, 5) is 35.6. The third kappa shape index (κ3) is 5.21. The summed E-state index contributed by atoms with van der Waals surface area (Å²) in [5.41, 5.74) is 1.80. The Bertz CT molecular complexity index is 1050. The van der Waals surface area contributed by atoms with Gasteiger partial charge in [-0.05, 0) is 29.6 Å². The van der Waals surface area contributed by atoms with Crippen LogP contribution in [0.5, 0.6) is 0 Å². The van der Waals surface area contributed by atoms with Crippen molar-refractivity contribution in [1.82, 2.24) is 14.8 Å². The van der Waals surface area contributed by atoms with Gasteiger partial charge in [0.15, 0.2) is 5.16 Å². The van der Waals surface area contributed by atoms with Crippen LogP contribution >= 0.6 is 23.1 Å². The van der Waals surface area contributed by atoms with Crippen LogP contribution in [0.25, 0.3) is 5.69 Å². The molecule has 0 atom stereocenters. The molecule has 9 nitrogen and oxygen atoms in total. The van der Waals surface area contributed by atoms with Crippen molar-refractivity contribution in [3.05, 3.63) is 46.9 Å². The van der Waals surface area contributed by atoms with E-state index >= 15 is 0 Å². The van der Waals surface area contributed by atoms with Gasteiger partial charge in [0.25, 0.3) is 0 Å². The molecule has 2 amide bonds. The number of thiophene rings is 1. The highest BCUT2D eigenvalue weighted by atomic mass is 32.2. The highest BCUT2D eigenvalue weighted by Crippen LogP contribution is 2.25. The maximum absolute atomic E-state index is 12.3. The predicted molar refractivity (Wildman–Crippen MR) is 111 cm³/mol. The number of carbonyl (C=O) groups excluding carboxylic acids is 3. The average Bonchev–Trinajstić information content (AvgIpc) is 3.34. The van der Waals surface area contributed by atoms with Crippen LogP contribution in [0.2, 0.25) is 0 Å². The quantitative estimate of drug-likeness (QED) is 0.437. The van der Waals surface area contributed by atoms with Gasteiger partial charge in [-0.2, -0.15) is 0 Å². The Morgan fingerprint density at radius 2 is 2.07 bits per heavy atom. The van der Waals surface area contributed by atoms with Crippen molar-refractivity contribution >= 4 is 52.3 Å². The molecule has 3 aromatic rings. The molecule has 2 N–H and O–H groups in total.